The first-order chi connectivity index (χ1) is 14.7. The Kier molecular flexibility index (Phi) is 4.44. The molecule has 3 heterocycles. The van der Waals surface area contributed by atoms with Gasteiger partial charge in [0.25, 0.3) is 5.89 Å². The zero-order valence-electron chi connectivity index (χ0n) is 16.1. The number of carbonyl (C=O) groups excluding carboxylic acids is 1. The highest BCUT2D eigenvalue weighted by Gasteiger charge is 2.27. The van der Waals surface area contributed by atoms with Crippen LogP contribution in [0.2, 0.25) is 0 Å². The SMILES string of the molecule is Cc1cc(-c2nnc(NC3N=C(c4ccccc4)c4ccccc4CC3=O)o2)on1. The Morgan fingerprint density at radius 1 is 1.03 bits per heavy atom. The number of hydrogen-bond donors (Lipinski definition) is 1. The van der Waals surface area contributed by atoms with Crippen LogP contribution in [0.15, 0.2) is 74.6 Å². The Morgan fingerprint density at radius 2 is 1.83 bits per heavy atom. The van der Waals surface area contributed by atoms with Crippen LogP contribution >= 0.6 is 0 Å². The average molecular weight is 399 g/mol. The van der Waals surface area contributed by atoms with Crippen molar-refractivity contribution in [3.05, 3.63) is 83.0 Å². The number of benzene rings is 2. The van der Waals surface area contributed by atoms with Gasteiger partial charge in [0.15, 0.2) is 11.9 Å². The molecule has 0 aliphatic carbocycles. The molecule has 0 radical (unpaired) electrons. The predicted octanol–water partition coefficient (Wildman–Crippen LogP) is 3.43. The molecule has 0 fully saturated rings. The third-order valence-corrected chi connectivity index (χ3v) is 4.77. The minimum atomic E-state index is -0.864. The Balaban J connectivity index is 1.51. The Labute approximate surface area is 171 Å². The van der Waals surface area contributed by atoms with Gasteiger partial charge in [-0.05, 0) is 12.5 Å². The third kappa shape index (κ3) is 3.39. The summed E-state index contributed by atoms with van der Waals surface area (Å²) in [6.07, 6.45) is -0.618. The third-order valence-electron chi connectivity index (χ3n) is 4.77. The Hall–Kier alpha value is -4.07. The Morgan fingerprint density at radius 3 is 2.63 bits per heavy atom. The van der Waals surface area contributed by atoms with Crippen LogP contribution in [0.3, 0.4) is 0 Å². The lowest BCUT2D eigenvalue weighted by Gasteiger charge is -2.11. The predicted molar refractivity (Wildman–Crippen MR) is 109 cm³/mol. The molecule has 1 atom stereocenters. The number of ketones is 1. The monoisotopic (exact) mass is 399 g/mol. The van der Waals surface area contributed by atoms with Crippen LogP contribution in [0.4, 0.5) is 6.01 Å². The summed E-state index contributed by atoms with van der Waals surface area (Å²) in [5.74, 6) is 0.444. The first kappa shape index (κ1) is 18.0. The molecule has 2 aromatic heterocycles. The van der Waals surface area contributed by atoms with Crippen LogP contribution in [-0.2, 0) is 11.2 Å². The van der Waals surface area contributed by atoms with E-state index in [1.54, 1.807) is 13.0 Å². The molecule has 8 heteroatoms. The summed E-state index contributed by atoms with van der Waals surface area (Å²) in [7, 11) is 0. The van der Waals surface area contributed by atoms with Crippen LogP contribution in [0.25, 0.3) is 11.7 Å². The number of nitrogens with zero attached hydrogens (tertiary/aromatic N) is 4. The number of carbonyl (C=O) groups is 1. The van der Waals surface area contributed by atoms with E-state index >= 15 is 0 Å². The van der Waals surface area contributed by atoms with Gasteiger partial charge in [-0.25, -0.2) is 0 Å². The topological polar surface area (TPSA) is 106 Å². The van der Waals surface area contributed by atoms with Crippen molar-refractivity contribution in [2.75, 3.05) is 5.32 Å². The molecule has 1 N–H and O–H groups in total. The maximum Gasteiger partial charge on any atom is 0.317 e. The summed E-state index contributed by atoms with van der Waals surface area (Å²) in [6.45, 7) is 1.80. The number of fused-ring (bicyclic) bond motifs is 1. The lowest BCUT2D eigenvalue weighted by molar-refractivity contribution is -0.119. The van der Waals surface area contributed by atoms with Gasteiger partial charge in [-0.15, -0.1) is 5.10 Å². The highest BCUT2D eigenvalue weighted by molar-refractivity contribution is 6.16. The van der Waals surface area contributed by atoms with Crippen LogP contribution in [-0.4, -0.2) is 33.0 Å². The fourth-order valence-electron chi connectivity index (χ4n) is 3.36. The second kappa shape index (κ2) is 7.40. The van der Waals surface area contributed by atoms with Crippen LogP contribution < -0.4 is 5.32 Å². The lowest BCUT2D eigenvalue weighted by atomic mass is 9.96. The second-order valence-corrected chi connectivity index (χ2v) is 6.94. The molecule has 1 aliphatic rings. The first-order valence-corrected chi connectivity index (χ1v) is 9.45. The molecule has 30 heavy (non-hydrogen) atoms. The summed E-state index contributed by atoms with van der Waals surface area (Å²) in [4.78, 5) is 17.7. The Bertz CT molecular complexity index is 1240. The van der Waals surface area contributed by atoms with Gasteiger partial charge in [-0.2, -0.15) is 0 Å². The highest BCUT2D eigenvalue weighted by atomic mass is 16.5. The number of nitrogens with one attached hydrogen (secondary N) is 1. The maximum absolute atomic E-state index is 13.0. The zero-order chi connectivity index (χ0) is 20.5. The molecule has 4 aromatic rings. The van der Waals surface area contributed by atoms with Crippen molar-refractivity contribution in [1.82, 2.24) is 15.4 Å². The summed E-state index contributed by atoms with van der Waals surface area (Å²) in [5.41, 5.74) is 4.23. The minimum absolute atomic E-state index is 0.0829. The van der Waals surface area contributed by atoms with Crippen molar-refractivity contribution < 1.29 is 13.7 Å². The number of hydrogen-bond acceptors (Lipinski definition) is 8. The standard InChI is InChI=1S/C22H17N5O3/c1-13-11-18(30-27-13)21-25-26-22(29-21)24-20-17(28)12-15-9-5-6-10-16(15)19(23-20)14-7-3-2-4-8-14/h2-11,20H,12H2,1H3,(H,24,26). The van der Waals surface area contributed by atoms with E-state index in [1.165, 1.54) is 0 Å². The number of Topliss-reactive ketones (excluding diaryl/α,β-unsaturated/α-hetero) is 1. The van der Waals surface area contributed by atoms with E-state index in [9.17, 15) is 4.79 Å². The molecule has 8 nitrogen and oxygen atoms in total. The fourth-order valence-corrected chi connectivity index (χ4v) is 3.36. The van der Waals surface area contributed by atoms with Crippen molar-refractivity contribution in [3.63, 3.8) is 0 Å². The molecule has 0 saturated carbocycles. The summed E-state index contributed by atoms with van der Waals surface area (Å²) in [5, 5.41) is 14.7. The van der Waals surface area contributed by atoms with Gasteiger partial charge in [0.1, 0.15) is 0 Å². The number of aromatic nitrogens is 3. The van der Waals surface area contributed by atoms with Crippen molar-refractivity contribution in [3.8, 4) is 11.7 Å². The highest BCUT2D eigenvalue weighted by Crippen LogP contribution is 2.24. The normalized spacial score (nSPS) is 16.0. The summed E-state index contributed by atoms with van der Waals surface area (Å²) in [6, 6.07) is 19.3. The van der Waals surface area contributed by atoms with E-state index in [0.29, 0.717) is 11.5 Å². The largest absolute Gasteiger partial charge is 0.400 e. The number of anilines is 1. The maximum atomic E-state index is 13.0. The van der Waals surface area contributed by atoms with Gasteiger partial charge in [0.05, 0.1) is 11.4 Å². The zero-order valence-corrected chi connectivity index (χ0v) is 16.1. The smallest absolute Gasteiger partial charge is 0.317 e. The average Bonchev–Trinajstić information content (AvgIpc) is 3.38. The molecule has 0 spiro atoms. The first-order valence-electron chi connectivity index (χ1n) is 9.45. The molecule has 5 rings (SSSR count). The molecular weight excluding hydrogens is 382 g/mol. The van der Waals surface area contributed by atoms with Gasteiger partial charge in [-0.1, -0.05) is 64.9 Å². The van der Waals surface area contributed by atoms with Gasteiger partial charge in [-0.3, -0.25) is 9.79 Å². The van der Waals surface area contributed by atoms with E-state index in [-0.39, 0.29) is 24.1 Å². The van der Waals surface area contributed by atoms with Crippen molar-refractivity contribution >= 4 is 17.5 Å². The van der Waals surface area contributed by atoms with Gasteiger partial charge in [0, 0.05) is 23.6 Å². The number of rotatable bonds is 4. The van der Waals surface area contributed by atoms with E-state index in [1.807, 2.05) is 54.6 Å². The van der Waals surface area contributed by atoms with E-state index in [0.717, 1.165) is 22.4 Å². The molecule has 1 unspecified atom stereocenters. The second-order valence-electron chi connectivity index (χ2n) is 6.94. The number of aliphatic imine (C=N–C) groups is 1. The van der Waals surface area contributed by atoms with Gasteiger partial charge < -0.3 is 14.3 Å². The van der Waals surface area contributed by atoms with Gasteiger partial charge >= 0.3 is 6.01 Å². The van der Waals surface area contributed by atoms with Gasteiger partial charge in [0.2, 0.25) is 5.76 Å². The van der Waals surface area contributed by atoms with Crippen molar-refractivity contribution in [2.45, 2.75) is 19.5 Å². The van der Waals surface area contributed by atoms with Crippen LogP contribution in [0, 0.1) is 6.92 Å². The minimum Gasteiger partial charge on any atom is -0.400 e. The van der Waals surface area contributed by atoms with Crippen LogP contribution in [0.5, 0.6) is 0 Å². The molecule has 0 bridgehead atoms. The fraction of sp³-hybridized carbons (Fsp3) is 0.136. The van der Waals surface area contributed by atoms with Crippen molar-refractivity contribution in [1.29, 1.82) is 0 Å². The summed E-state index contributed by atoms with van der Waals surface area (Å²) >= 11 is 0. The molecule has 0 amide bonds. The summed E-state index contributed by atoms with van der Waals surface area (Å²) < 4.78 is 10.7. The molecule has 1 aliphatic heterocycles. The number of aryl methyl sites for hydroxylation is 1. The lowest BCUT2D eigenvalue weighted by Crippen LogP contribution is -2.29. The van der Waals surface area contributed by atoms with E-state index < -0.39 is 6.17 Å². The quantitative estimate of drug-likeness (QED) is 0.560. The van der Waals surface area contributed by atoms with E-state index in [2.05, 4.69) is 20.7 Å². The van der Waals surface area contributed by atoms with E-state index in [4.69, 9.17) is 13.9 Å². The molecule has 2 aromatic carbocycles. The molecular formula is C22H17N5O3. The van der Waals surface area contributed by atoms with Crippen LogP contribution in [0.1, 0.15) is 22.4 Å². The van der Waals surface area contributed by atoms with Crippen molar-refractivity contribution in [2.24, 2.45) is 4.99 Å². The molecule has 148 valence electrons. The molecule has 0 saturated heterocycles.